The quantitative estimate of drug-likeness (QED) is 0.699. The molecule has 26 heavy (non-hydrogen) atoms. The summed E-state index contributed by atoms with van der Waals surface area (Å²) in [5.74, 6) is -0.0428. The highest BCUT2D eigenvalue weighted by atomic mass is 32.2. The van der Waals surface area contributed by atoms with Crippen LogP contribution in [0.2, 0.25) is 0 Å². The van der Waals surface area contributed by atoms with Crippen LogP contribution in [-0.2, 0) is 16.2 Å². The van der Waals surface area contributed by atoms with Gasteiger partial charge in [-0.3, -0.25) is 0 Å². The van der Waals surface area contributed by atoms with E-state index in [1.54, 1.807) is 0 Å². The molecule has 0 radical (unpaired) electrons. The molecule has 6 nitrogen and oxygen atoms in total. The fourth-order valence-electron chi connectivity index (χ4n) is 2.14. The number of rotatable bonds is 3. The first-order valence-electron chi connectivity index (χ1n) is 7.07. The van der Waals surface area contributed by atoms with Crippen LogP contribution in [0.4, 0.5) is 13.2 Å². The molecule has 0 unspecified atom stereocenters. The van der Waals surface area contributed by atoms with Crippen molar-refractivity contribution in [3.8, 4) is 17.5 Å². The van der Waals surface area contributed by atoms with Crippen molar-refractivity contribution in [2.45, 2.75) is 11.1 Å². The lowest BCUT2D eigenvalue weighted by Gasteiger charge is -2.06. The number of aromatic nitrogens is 3. The zero-order chi connectivity index (χ0) is 18.9. The first-order valence-corrected chi connectivity index (χ1v) is 8.51. The number of alkyl halides is 3. The molecule has 0 bridgehead atoms. The molecule has 0 amide bonds. The van der Waals surface area contributed by atoms with Crippen LogP contribution < -0.4 is 0 Å². The van der Waals surface area contributed by atoms with Crippen molar-refractivity contribution in [1.82, 2.24) is 14.2 Å². The highest BCUT2D eigenvalue weighted by Crippen LogP contribution is 2.30. The van der Waals surface area contributed by atoms with Gasteiger partial charge in [-0.25, -0.2) is 4.98 Å². The topological polar surface area (TPSA) is 88.6 Å². The molecule has 3 rings (SSSR count). The summed E-state index contributed by atoms with van der Waals surface area (Å²) in [6.07, 6.45) is -3.53. The molecule has 1 aromatic heterocycles. The summed E-state index contributed by atoms with van der Waals surface area (Å²) in [5.41, 5.74) is -0.437. The van der Waals surface area contributed by atoms with Gasteiger partial charge in [0.2, 0.25) is 0 Å². The summed E-state index contributed by atoms with van der Waals surface area (Å²) >= 11 is 0. The van der Waals surface area contributed by atoms with Gasteiger partial charge in [-0.1, -0.05) is 18.2 Å². The average molecular weight is 378 g/mol. The number of hydrogen-bond acceptors (Lipinski definition) is 5. The molecule has 0 saturated carbocycles. The van der Waals surface area contributed by atoms with E-state index in [9.17, 15) is 21.6 Å². The Bertz CT molecular complexity index is 1100. The Kier molecular flexibility index (Phi) is 4.25. The van der Waals surface area contributed by atoms with Gasteiger partial charge < -0.3 is 0 Å². The van der Waals surface area contributed by atoms with Gasteiger partial charge in [0.05, 0.1) is 22.1 Å². The minimum absolute atomic E-state index is 0.0428. The third-order valence-electron chi connectivity index (χ3n) is 3.45. The van der Waals surface area contributed by atoms with E-state index in [1.165, 1.54) is 24.3 Å². The van der Waals surface area contributed by atoms with E-state index < -0.39 is 21.8 Å². The Morgan fingerprint density at radius 2 is 1.77 bits per heavy atom. The van der Waals surface area contributed by atoms with Gasteiger partial charge in [-0.15, -0.1) is 9.19 Å². The Labute approximate surface area is 146 Å². The summed E-state index contributed by atoms with van der Waals surface area (Å²) in [6.45, 7) is 0. The zero-order valence-corrected chi connectivity index (χ0v) is 13.7. The van der Waals surface area contributed by atoms with E-state index in [1.807, 2.05) is 6.07 Å². The van der Waals surface area contributed by atoms with Gasteiger partial charge in [0, 0.05) is 5.56 Å². The molecule has 1 heterocycles. The van der Waals surface area contributed by atoms with Crippen LogP contribution in [0.3, 0.4) is 0 Å². The summed E-state index contributed by atoms with van der Waals surface area (Å²) in [7, 11) is -4.08. The number of benzene rings is 2. The zero-order valence-electron chi connectivity index (χ0n) is 12.8. The maximum absolute atomic E-state index is 12.6. The molecule has 132 valence electrons. The van der Waals surface area contributed by atoms with Crippen LogP contribution in [0.25, 0.3) is 11.4 Å². The average Bonchev–Trinajstić information content (AvgIpc) is 3.12. The lowest BCUT2D eigenvalue weighted by molar-refractivity contribution is -0.137. The van der Waals surface area contributed by atoms with Gasteiger partial charge in [0.25, 0.3) is 10.0 Å². The Morgan fingerprint density at radius 1 is 1.08 bits per heavy atom. The van der Waals surface area contributed by atoms with Crippen molar-refractivity contribution in [3.05, 3.63) is 66.0 Å². The SMILES string of the molecule is N#Cc1cccc(S(=O)(=O)n2cnc(-c3ccc(C(F)(F)F)cc3)n2)c1. The Balaban J connectivity index is 1.95. The lowest BCUT2D eigenvalue weighted by atomic mass is 10.1. The van der Waals surface area contributed by atoms with E-state index in [2.05, 4.69) is 10.1 Å². The van der Waals surface area contributed by atoms with Crippen LogP contribution in [0.5, 0.6) is 0 Å². The van der Waals surface area contributed by atoms with Crippen LogP contribution in [0.15, 0.2) is 59.8 Å². The number of hydrogen-bond donors (Lipinski definition) is 0. The second-order valence-corrected chi connectivity index (χ2v) is 6.96. The second kappa shape index (κ2) is 6.27. The fourth-order valence-corrected chi connectivity index (χ4v) is 3.24. The molecular weight excluding hydrogens is 369 g/mol. The third-order valence-corrected chi connectivity index (χ3v) is 4.97. The molecule has 0 spiro atoms. The molecule has 0 aliphatic carbocycles. The summed E-state index contributed by atoms with van der Waals surface area (Å²) < 4.78 is 63.5. The van der Waals surface area contributed by atoms with Gasteiger partial charge >= 0.3 is 6.18 Å². The second-order valence-electron chi connectivity index (χ2n) is 5.16. The minimum Gasteiger partial charge on any atom is -0.214 e. The lowest BCUT2D eigenvalue weighted by Crippen LogP contribution is -2.13. The van der Waals surface area contributed by atoms with E-state index in [-0.39, 0.29) is 21.8 Å². The predicted molar refractivity (Wildman–Crippen MR) is 84.2 cm³/mol. The smallest absolute Gasteiger partial charge is 0.214 e. The van der Waals surface area contributed by atoms with Crippen LogP contribution >= 0.6 is 0 Å². The molecule has 0 aliphatic rings. The van der Waals surface area contributed by atoms with Crippen molar-refractivity contribution in [1.29, 1.82) is 5.26 Å². The largest absolute Gasteiger partial charge is 0.416 e. The molecule has 0 N–H and O–H groups in total. The normalized spacial score (nSPS) is 11.9. The van der Waals surface area contributed by atoms with Crippen molar-refractivity contribution >= 4 is 10.0 Å². The maximum atomic E-state index is 12.6. The molecule has 0 fully saturated rings. The van der Waals surface area contributed by atoms with Crippen molar-refractivity contribution < 1.29 is 21.6 Å². The third kappa shape index (κ3) is 3.29. The Hall–Kier alpha value is -3.19. The minimum atomic E-state index is -4.47. The van der Waals surface area contributed by atoms with Gasteiger partial charge in [-0.05, 0) is 30.3 Å². The summed E-state index contributed by atoms with van der Waals surface area (Å²) in [4.78, 5) is 3.69. The van der Waals surface area contributed by atoms with Gasteiger partial charge in [0.15, 0.2) is 5.82 Å². The van der Waals surface area contributed by atoms with Crippen molar-refractivity contribution in [3.63, 3.8) is 0 Å². The number of nitriles is 1. The van der Waals surface area contributed by atoms with E-state index in [4.69, 9.17) is 5.26 Å². The van der Waals surface area contributed by atoms with Gasteiger partial charge in [0.1, 0.15) is 6.33 Å². The molecular formula is C16H9F3N4O2S. The maximum Gasteiger partial charge on any atom is 0.416 e. The Morgan fingerprint density at radius 3 is 2.38 bits per heavy atom. The molecule has 2 aromatic carbocycles. The number of halogens is 3. The van der Waals surface area contributed by atoms with Crippen molar-refractivity contribution in [2.75, 3.05) is 0 Å². The van der Waals surface area contributed by atoms with E-state index in [0.717, 1.165) is 30.6 Å². The molecule has 0 aliphatic heterocycles. The van der Waals surface area contributed by atoms with Crippen LogP contribution in [0.1, 0.15) is 11.1 Å². The van der Waals surface area contributed by atoms with E-state index in [0.29, 0.717) is 4.09 Å². The van der Waals surface area contributed by atoms with Crippen molar-refractivity contribution in [2.24, 2.45) is 0 Å². The number of nitrogens with zero attached hydrogens (tertiary/aromatic N) is 4. The summed E-state index contributed by atoms with van der Waals surface area (Å²) in [6, 6.07) is 11.2. The highest BCUT2D eigenvalue weighted by molar-refractivity contribution is 7.89. The monoisotopic (exact) mass is 378 g/mol. The molecule has 0 saturated heterocycles. The standard InChI is InChI=1S/C16H9F3N4O2S/c17-16(18,19)13-6-4-12(5-7-13)15-21-10-23(22-15)26(24,25)14-3-1-2-11(8-14)9-20/h1-8,10H. The first kappa shape index (κ1) is 17.6. The van der Waals surface area contributed by atoms with Crippen LogP contribution in [-0.4, -0.2) is 22.6 Å². The summed E-state index contributed by atoms with van der Waals surface area (Å²) in [5, 5.41) is 12.7. The molecule has 0 atom stereocenters. The first-order chi connectivity index (χ1) is 12.2. The predicted octanol–water partition coefficient (Wildman–Crippen LogP) is 3.07. The fraction of sp³-hybridized carbons (Fsp3) is 0.0625. The molecule has 10 heteroatoms. The molecule has 3 aromatic rings. The van der Waals surface area contributed by atoms with E-state index >= 15 is 0 Å². The van der Waals surface area contributed by atoms with Gasteiger partial charge in [-0.2, -0.15) is 26.9 Å². The highest BCUT2D eigenvalue weighted by Gasteiger charge is 2.30. The van der Waals surface area contributed by atoms with Crippen LogP contribution in [0, 0.1) is 11.3 Å².